The molecular formula is C22H22N2O5. The number of fused-ring (bicyclic) bond motifs is 1. The fourth-order valence-electron chi connectivity index (χ4n) is 3.10. The van der Waals surface area contributed by atoms with E-state index in [0.29, 0.717) is 5.56 Å². The number of benzene rings is 2. The largest absolute Gasteiger partial charge is 0.497 e. The molecule has 0 spiro atoms. The van der Waals surface area contributed by atoms with Crippen molar-refractivity contribution in [3.63, 3.8) is 0 Å². The van der Waals surface area contributed by atoms with Crippen molar-refractivity contribution in [1.29, 1.82) is 0 Å². The van der Waals surface area contributed by atoms with Crippen LogP contribution in [0.25, 0.3) is 10.8 Å². The van der Waals surface area contributed by atoms with Gasteiger partial charge in [0.25, 0.3) is 0 Å². The van der Waals surface area contributed by atoms with Gasteiger partial charge in [0.15, 0.2) is 6.04 Å². The van der Waals surface area contributed by atoms with Crippen molar-refractivity contribution < 1.29 is 24.5 Å². The van der Waals surface area contributed by atoms with Crippen molar-refractivity contribution in [2.45, 2.75) is 25.0 Å². The number of carboxylic acid groups (broad SMARTS) is 1. The van der Waals surface area contributed by atoms with Crippen molar-refractivity contribution in [1.82, 2.24) is 10.3 Å². The molecule has 0 radical (unpaired) electrons. The molecule has 0 aliphatic heterocycles. The van der Waals surface area contributed by atoms with E-state index in [1.807, 2.05) is 36.4 Å². The first-order chi connectivity index (χ1) is 13.9. The number of carbonyl (C=O) groups is 2. The standard InChI is InChI=1S/C22H22N2O5/c1-13(15-3-4-17-12-18(29-2)6-5-16(17)11-15)21(26)24-19(22(27)28)20(25)14-7-9-23-10-8-14/h3-13,19-20,25H,1-2H3,(H,24,26)(H,27,28)/t13-,19?,20?/m0/s1. The number of carboxylic acids is 1. The summed E-state index contributed by atoms with van der Waals surface area (Å²) in [6, 6.07) is 12.8. The molecule has 2 aromatic carbocycles. The Kier molecular flexibility index (Phi) is 6.09. The molecule has 7 nitrogen and oxygen atoms in total. The van der Waals surface area contributed by atoms with Gasteiger partial charge in [-0.2, -0.15) is 0 Å². The zero-order valence-corrected chi connectivity index (χ0v) is 16.1. The van der Waals surface area contributed by atoms with Crippen LogP contribution in [-0.2, 0) is 9.59 Å². The number of hydrogen-bond acceptors (Lipinski definition) is 5. The molecule has 0 saturated heterocycles. The van der Waals surface area contributed by atoms with Crippen molar-refractivity contribution in [2.24, 2.45) is 0 Å². The molecule has 3 rings (SSSR count). The topological polar surface area (TPSA) is 109 Å². The number of aromatic nitrogens is 1. The number of pyridine rings is 1. The second kappa shape index (κ2) is 8.70. The number of aliphatic hydroxyl groups excluding tert-OH is 1. The quantitative estimate of drug-likeness (QED) is 0.568. The van der Waals surface area contributed by atoms with Crippen molar-refractivity contribution in [2.75, 3.05) is 7.11 Å². The van der Waals surface area contributed by atoms with Crippen LogP contribution in [0.15, 0.2) is 60.9 Å². The maximum absolute atomic E-state index is 12.7. The van der Waals surface area contributed by atoms with Crippen LogP contribution in [0, 0.1) is 0 Å². The van der Waals surface area contributed by atoms with E-state index < -0.39 is 29.9 Å². The molecule has 0 fully saturated rings. The average Bonchev–Trinajstić information content (AvgIpc) is 2.75. The lowest BCUT2D eigenvalue weighted by molar-refractivity contribution is -0.145. The molecule has 3 atom stereocenters. The Morgan fingerprint density at radius 3 is 2.31 bits per heavy atom. The summed E-state index contributed by atoms with van der Waals surface area (Å²) >= 11 is 0. The highest BCUT2D eigenvalue weighted by atomic mass is 16.5. The zero-order chi connectivity index (χ0) is 21.0. The molecule has 2 unspecified atom stereocenters. The van der Waals surface area contributed by atoms with Crippen LogP contribution in [0.2, 0.25) is 0 Å². The third-order valence-electron chi connectivity index (χ3n) is 4.89. The summed E-state index contributed by atoms with van der Waals surface area (Å²) in [5.74, 6) is -1.67. The van der Waals surface area contributed by atoms with Crippen LogP contribution in [0.4, 0.5) is 0 Å². The summed E-state index contributed by atoms with van der Waals surface area (Å²) in [6.07, 6.45) is 1.51. The molecule has 0 bridgehead atoms. The van der Waals surface area contributed by atoms with Crippen LogP contribution in [0.3, 0.4) is 0 Å². The summed E-state index contributed by atoms with van der Waals surface area (Å²) in [4.78, 5) is 28.2. The second-order valence-electron chi connectivity index (χ2n) is 6.74. The molecule has 29 heavy (non-hydrogen) atoms. The molecule has 0 aliphatic carbocycles. The lowest BCUT2D eigenvalue weighted by Gasteiger charge is -2.23. The summed E-state index contributed by atoms with van der Waals surface area (Å²) < 4.78 is 5.22. The summed E-state index contributed by atoms with van der Waals surface area (Å²) in [6.45, 7) is 1.69. The van der Waals surface area contributed by atoms with Gasteiger partial charge in [-0.15, -0.1) is 0 Å². The van der Waals surface area contributed by atoms with E-state index in [1.165, 1.54) is 24.5 Å². The first kappa shape index (κ1) is 20.3. The van der Waals surface area contributed by atoms with Gasteiger partial charge < -0.3 is 20.3 Å². The second-order valence-corrected chi connectivity index (χ2v) is 6.74. The lowest BCUT2D eigenvalue weighted by Crippen LogP contribution is -2.46. The predicted molar refractivity (Wildman–Crippen MR) is 108 cm³/mol. The van der Waals surface area contributed by atoms with E-state index in [2.05, 4.69) is 10.3 Å². The summed E-state index contributed by atoms with van der Waals surface area (Å²) in [7, 11) is 1.60. The van der Waals surface area contributed by atoms with Gasteiger partial charge in [-0.25, -0.2) is 4.79 Å². The Bertz CT molecular complexity index is 1020. The minimum atomic E-state index is -1.47. The van der Waals surface area contributed by atoms with Gasteiger partial charge >= 0.3 is 5.97 Å². The molecule has 150 valence electrons. The number of methoxy groups -OCH3 is 1. The van der Waals surface area contributed by atoms with E-state index >= 15 is 0 Å². The Morgan fingerprint density at radius 2 is 1.66 bits per heavy atom. The molecule has 7 heteroatoms. The van der Waals surface area contributed by atoms with E-state index in [9.17, 15) is 19.8 Å². The molecular weight excluding hydrogens is 372 g/mol. The molecule has 1 aromatic heterocycles. The predicted octanol–water partition coefficient (Wildman–Crippen LogP) is 2.65. The Hall–Kier alpha value is -3.45. The Morgan fingerprint density at radius 1 is 1.00 bits per heavy atom. The molecule has 0 aliphatic rings. The van der Waals surface area contributed by atoms with E-state index in [-0.39, 0.29) is 0 Å². The summed E-state index contributed by atoms with van der Waals surface area (Å²) in [5.41, 5.74) is 1.10. The third kappa shape index (κ3) is 4.52. The highest BCUT2D eigenvalue weighted by Crippen LogP contribution is 2.26. The molecule has 1 amide bonds. The molecule has 1 heterocycles. The van der Waals surface area contributed by atoms with Crippen LogP contribution < -0.4 is 10.1 Å². The van der Waals surface area contributed by atoms with Gasteiger partial charge in [0.05, 0.1) is 13.0 Å². The van der Waals surface area contributed by atoms with Crippen LogP contribution >= 0.6 is 0 Å². The Balaban J connectivity index is 1.79. The van der Waals surface area contributed by atoms with Gasteiger partial charge in [-0.3, -0.25) is 9.78 Å². The number of carbonyl (C=O) groups excluding carboxylic acids is 1. The van der Waals surface area contributed by atoms with E-state index in [0.717, 1.165) is 22.1 Å². The average molecular weight is 394 g/mol. The minimum Gasteiger partial charge on any atom is -0.497 e. The maximum atomic E-state index is 12.7. The fourth-order valence-corrected chi connectivity index (χ4v) is 3.10. The SMILES string of the molecule is COc1ccc2cc([C@H](C)C(=O)NC(C(=O)O)C(O)c3ccncc3)ccc2c1. The van der Waals surface area contributed by atoms with Crippen molar-refractivity contribution in [3.05, 3.63) is 72.1 Å². The number of hydrogen-bond donors (Lipinski definition) is 3. The van der Waals surface area contributed by atoms with Gasteiger partial charge in [0.2, 0.25) is 5.91 Å². The highest BCUT2D eigenvalue weighted by Gasteiger charge is 2.31. The van der Waals surface area contributed by atoms with E-state index in [1.54, 1.807) is 14.0 Å². The summed E-state index contributed by atoms with van der Waals surface area (Å²) in [5, 5.41) is 24.3. The van der Waals surface area contributed by atoms with Gasteiger partial charge in [-0.05, 0) is 53.1 Å². The first-order valence-corrected chi connectivity index (χ1v) is 9.09. The monoisotopic (exact) mass is 394 g/mol. The van der Waals surface area contributed by atoms with Crippen LogP contribution in [0.5, 0.6) is 5.75 Å². The number of nitrogens with one attached hydrogen (secondary N) is 1. The maximum Gasteiger partial charge on any atom is 0.329 e. The number of nitrogens with zero attached hydrogens (tertiary/aromatic N) is 1. The zero-order valence-electron chi connectivity index (χ0n) is 16.1. The van der Waals surface area contributed by atoms with Gasteiger partial charge in [0.1, 0.15) is 11.9 Å². The smallest absolute Gasteiger partial charge is 0.329 e. The van der Waals surface area contributed by atoms with E-state index in [4.69, 9.17) is 4.74 Å². The normalized spacial score (nSPS) is 14.0. The van der Waals surface area contributed by atoms with Crippen LogP contribution in [0.1, 0.15) is 30.1 Å². The number of rotatable bonds is 7. The van der Waals surface area contributed by atoms with Crippen molar-refractivity contribution in [3.8, 4) is 5.75 Å². The number of aliphatic hydroxyl groups is 1. The minimum absolute atomic E-state index is 0.361. The van der Waals surface area contributed by atoms with Gasteiger partial charge in [0, 0.05) is 12.4 Å². The molecule has 3 N–H and O–H groups in total. The number of aliphatic carboxylic acids is 1. The third-order valence-corrected chi connectivity index (χ3v) is 4.89. The molecule has 3 aromatic rings. The van der Waals surface area contributed by atoms with Crippen LogP contribution in [-0.4, -0.2) is 40.2 Å². The Labute approximate surface area is 168 Å². The lowest BCUT2D eigenvalue weighted by atomic mass is 9.96. The number of ether oxygens (including phenoxy) is 1. The number of amides is 1. The molecule has 0 saturated carbocycles. The fraction of sp³-hybridized carbons (Fsp3) is 0.227. The highest BCUT2D eigenvalue weighted by molar-refractivity contribution is 5.90. The first-order valence-electron chi connectivity index (χ1n) is 9.09. The van der Waals surface area contributed by atoms with Crippen molar-refractivity contribution >= 4 is 22.6 Å². The van der Waals surface area contributed by atoms with Gasteiger partial charge in [-0.1, -0.05) is 24.3 Å².